The smallest absolute Gasteiger partial charge is 0.329 e. The maximum atomic E-state index is 12.8. The Balaban J connectivity index is 1.40. The van der Waals surface area contributed by atoms with Crippen LogP contribution in [-0.4, -0.2) is 58.8 Å². The first-order valence-corrected chi connectivity index (χ1v) is 11.9. The lowest BCUT2D eigenvalue weighted by molar-refractivity contribution is -0.132. The van der Waals surface area contributed by atoms with Crippen molar-refractivity contribution in [3.63, 3.8) is 0 Å². The van der Waals surface area contributed by atoms with Gasteiger partial charge in [-0.15, -0.1) is 0 Å². The van der Waals surface area contributed by atoms with Gasteiger partial charge in [0.05, 0.1) is 15.9 Å². The molecule has 0 spiro atoms. The number of aromatic nitrogens is 2. The van der Waals surface area contributed by atoms with Gasteiger partial charge in [0, 0.05) is 45.7 Å². The molecule has 1 fully saturated rings. The summed E-state index contributed by atoms with van der Waals surface area (Å²) in [5.41, 5.74) is 1.57. The van der Waals surface area contributed by atoms with E-state index in [1.807, 2.05) is 31.2 Å². The highest BCUT2D eigenvalue weighted by Gasteiger charge is 2.30. The van der Waals surface area contributed by atoms with Crippen molar-refractivity contribution in [3.8, 4) is 0 Å². The number of benzene rings is 2. The summed E-state index contributed by atoms with van der Waals surface area (Å²) in [5, 5.41) is 0. The molecule has 0 radical (unpaired) electrons. The molecule has 2 aromatic carbocycles. The van der Waals surface area contributed by atoms with Crippen molar-refractivity contribution in [2.24, 2.45) is 0 Å². The Morgan fingerprint density at radius 2 is 1.45 bits per heavy atom. The highest BCUT2D eigenvalue weighted by atomic mass is 32.2. The van der Waals surface area contributed by atoms with Gasteiger partial charge in [0.25, 0.3) is 0 Å². The molecule has 0 saturated carbocycles. The zero-order valence-corrected chi connectivity index (χ0v) is 18.3. The number of fused-ring (bicyclic) bond motifs is 1. The number of rotatable bonds is 6. The van der Waals surface area contributed by atoms with E-state index in [1.165, 1.54) is 4.31 Å². The molecule has 1 amide bonds. The molecular formula is C22H26N4O4S. The molecule has 2 heterocycles. The van der Waals surface area contributed by atoms with Gasteiger partial charge in [-0.1, -0.05) is 30.3 Å². The second-order valence-electron chi connectivity index (χ2n) is 7.52. The summed E-state index contributed by atoms with van der Waals surface area (Å²) >= 11 is 0. The third kappa shape index (κ3) is 4.03. The largest absolute Gasteiger partial charge is 0.340 e. The van der Waals surface area contributed by atoms with Gasteiger partial charge in [0.1, 0.15) is 0 Å². The second-order valence-corrected chi connectivity index (χ2v) is 9.45. The molecule has 0 atom stereocenters. The van der Waals surface area contributed by atoms with Crippen LogP contribution < -0.4 is 5.69 Å². The van der Waals surface area contributed by atoms with Crippen LogP contribution in [0.4, 0.5) is 0 Å². The van der Waals surface area contributed by atoms with E-state index >= 15 is 0 Å². The fourth-order valence-electron chi connectivity index (χ4n) is 4.08. The molecule has 3 aromatic rings. The Morgan fingerprint density at radius 3 is 2.06 bits per heavy atom. The van der Waals surface area contributed by atoms with Gasteiger partial charge < -0.3 is 4.90 Å². The van der Waals surface area contributed by atoms with Crippen molar-refractivity contribution in [3.05, 3.63) is 65.1 Å². The van der Waals surface area contributed by atoms with Crippen LogP contribution in [0.1, 0.15) is 13.3 Å². The zero-order valence-electron chi connectivity index (χ0n) is 17.5. The Kier molecular flexibility index (Phi) is 5.97. The van der Waals surface area contributed by atoms with E-state index in [9.17, 15) is 18.0 Å². The van der Waals surface area contributed by atoms with Crippen LogP contribution in [0.2, 0.25) is 0 Å². The third-order valence-electron chi connectivity index (χ3n) is 5.76. The number of sulfonamides is 1. The summed E-state index contributed by atoms with van der Waals surface area (Å²) in [6.07, 6.45) is 0.197. The van der Waals surface area contributed by atoms with Crippen molar-refractivity contribution in [2.75, 3.05) is 26.2 Å². The molecule has 0 unspecified atom stereocenters. The Morgan fingerprint density at radius 1 is 0.871 bits per heavy atom. The lowest BCUT2D eigenvalue weighted by atomic mass is 10.3. The second kappa shape index (κ2) is 8.68. The first-order chi connectivity index (χ1) is 14.9. The van der Waals surface area contributed by atoms with Crippen molar-refractivity contribution in [1.82, 2.24) is 18.3 Å². The van der Waals surface area contributed by atoms with Gasteiger partial charge in [-0.25, -0.2) is 13.2 Å². The van der Waals surface area contributed by atoms with E-state index in [1.54, 1.807) is 44.4 Å². The van der Waals surface area contributed by atoms with E-state index in [4.69, 9.17) is 0 Å². The average Bonchev–Trinajstić information content (AvgIpc) is 3.08. The summed E-state index contributed by atoms with van der Waals surface area (Å²) in [6, 6.07) is 15.9. The van der Waals surface area contributed by atoms with E-state index in [2.05, 4.69) is 0 Å². The highest BCUT2D eigenvalue weighted by Crippen LogP contribution is 2.18. The first kappa shape index (κ1) is 21.3. The van der Waals surface area contributed by atoms with Crippen molar-refractivity contribution in [2.45, 2.75) is 31.3 Å². The number of imidazole rings is 1. The molecule has 0 bridgehead atoms. The maximum Gasteiger partial charge on any atom is 0.329 e. The van der Waals surface area contributed by atoms with Gasteiger partial charge >= 0.3 is 5.69 Å². The number of hydrogen-bond donors (Lipinski definition) is 0. The molecule has 9 heteroatoms. The molecule has 1 aliphatic heterocycles. The van der Waals surface area contributed by atoms with Gasteiger partial charge in [0.2, 0.25) is 15.9 Å². The molecule has 8 nitrogen and oxygen atoms in total. The standard InChI is InChI=1S/C22H26N4O4S/c1-2-25-19-10-6-7-11-20(19)26(22(25)28)13-12-21(27)23-14-16-24(17-15-23)31(29,30)18-8-4-3-5-9-18/h3-11H,2,12-17H2,1H3. The molecule has 1 aliphatic rings. The number of amides is 1. The van der Waals surface area contributed by atoms with Crippen LogP contribution in [0.15, 0.2) is 64.3 Å². The average molecular weight is 443 g/mol. The van der Waals surface area contributed by atoms with Gasteiger partial charge in [-0.2, -0.15) is 4.31 Å². The van der Waals surface area contributed by atoms with Gasteiger partial charge in [0.15, 0.2) is 0 Å². The van der Waals surface area contributed by atoms with Crippen LogP contribution in [-0.2, 0) is 27.9 Å². The lowest BCUT2D eigenvalue weighted by Gasteiger charge is -2.34. The molecule has 164 valence electrons. The fraction of sp³-hybridized carbons (Fsp3) is 0.364. The monoisotopic (exact) mass is 442 g/mol. The van der Waals surface area contributed by atoms with Crippen LogP contribution in [0.25, 0.3) is 11.0 Å². The molecule has 0 aliphatic carbocycles. The predicted octanol–water partition coefficient (Wildman–Crippen LogP) is 1.75. The van der Waals surface area contributed by atoms with Gasteiger partial charge in [-0.05, 0) is 31.2 Å². The summed E-state index contributed by atoms with van der Waals surface area (Å²) in [5.74, 6) is -0.0722. The van der Waals surface area contributed by atoms with Crippen molar-refractivity contribution in [1.29, 1.82) is 0 Å². The minimum Gasteiger partial charge on any atom is -0.340 e. The molecule has 1 aromatic heterocycles. The van der Waals surface area contributed by atoms with Crippen LogP contribution in [0, 0.1) is 0 Å². The number of carbonyl (C=O) groups is 1. The van der Waals surface area contributed by atoms with Gasteiger partial charge in [-0.3, -0.25) is 13.9 Å². The maximum absolute atomic E-state index is 12.8. The summed E-state index contributed by atoms with van der Waals surface area (Å²) in [7, 11) is -3.55. The zero-order chi connectivity index (χ0) is 22.0. The number of para-hydroxylation sites is 2. The van der Waals surface area contributed by atoms with E-state index in [-0.39, 0.29) is 36.0 Å². The lowest BCUT2D eigenvalue weighted by Crippen LogP contribution is -2.50. The minimum absolute atomic E-state index is 0.0722. The number of piperazine rings is 1. The number of nitrogens with zero attached hydrogens (tertiary/aromatic N) is 4. The van der Waals surface area contributed by atoms with Crippen LogP contribution in [0.5, 0.6) is 0 Å². The third-order valence-corrected chi connectivity index (χ3v) is 7.68. The topological polar surface area (TPSA) is 84.6 Å². The normalized spacial score (nSPS) is 15.5. The number of carbonyl (C=O) groups excluding carboxylic acids is 1. The Hall–Kier alpha value is -2.91. The van der Waals surface area contributed by atoms with E-state index < -0.39 is 10.0 Å². The highest BCUT2D eigenvalue weighted by molar-refractivity contribution is 7.89. The number of aryl methyl sites for hydroxylation is 2. The Labute approximate surface area is 181 Å². The first-order valence-electron chi connectivity index (χ1n) is 10.4. The molecular weight excluding hydrogens is 416 g/mol. The molecule has 31 heavy (non-hydrogen) atoms. The SMILES string of the molecule is CCn1c(=O)n(CCC(=O)N2CCN(S(=O)(=O)c3ccccc3)CC2)c2ccccc21. The quantitative estimate of drug-likeness (QED) is 0.582. The van der Waals surface area contributed by atoms with E-state index in [0.29, 0.717) is 26.2 Å². The summed E-state index contributed by atoms with van der Waals surface area (Å²) in [4.78, 5) is 27.4. The van der Waals surface area contributed by atoms with Crippen molar-refractivity contribution >= 4 is 27.0 Å². The summed E-state index contributed by atoms with van der Waals surface area (Å²) in [6.45, 7) is 4.00. The Bertz CT molecular complexity index is 1240. The number of hydrogen-bond acceptors (Lipinski definition) is 4. The van der Waals surface area contributed by atoms with Crippen LogP contribution in [0.3, 0.4) is 0 Å². The van der Waals surface area contributed by atoms with Crippen LogP contribution >= 0.6 is 0 Å². The minimum atomic E-state index is -3.55. The van der Waals surface area contributed by atoms with Crippen molar-refractivity contribution < 1.29 is 13.2 Å². The summed E-state index contributed by atoms with van der Waals surface area (Å²) < 4.78 is 30.3. The fourth-order valence-corrected chi connectivity index (χ4v) is 5.52. The van der Waals surface area contributed by atoms with E-state index in [0.717, 1.165) is 11.0 Å². The molecule has 4 rings (SSSR count). The molecule has 0 N–H and O–H groups in total. The predicted molar refractivity (Wildman–Crippen MR) is 118 cm³/mol. The molecule has 1 saturated heterocycles.